The Kier molecular flexibility index (Phi) is 3.44. The maximum atomic E-state index is 12.5. The van der Waals surface area contributed by atoms with Gasteiger partial charge in [-0.15, -0.1) is 0 Å². The summed E-state index contributed by atoms with van der Waals surface area (Å²) in [5, 5.41) is 7.47. The number of nitrogens with one attached hydrogen (secondary N) is 1. The van der Waals surface area contributed by atoms with E-state index in [1.807, 2.05) is 16.6 Å². The van der Waals surface area contributed by atoms with Crippen LogP contribution in [0.2, 0.25) is 0 Å². The first-order valence-corrected chi connectivity index (χ1v) is 8.22. The molecule has 0 unspecified atom stereocenters. The van der Waals surface area contributed by atoms with Crippen molar-refractivity contribution in [3.05, 3.63) is 24.0 Å². The van der Waals surface area contributed by atoms with Crippen molar-refractivity contribution in [3.63, 3.8) is 0 Å². The number of carbonyl (C=O) groups is 1. The van der Waals surface area contributed by atoms with Crippen molar-refractivity contribution < 1.29 is 4.79 Å². The number of hydrogen-bond acceptors (Lipinski definition) is 4. The van der Waals surface area contributed by atoms with Crippen LogP contribution in [-0.4, -0.2) is 39.6 Å². The summed E-state index contributed by atoms with van der Waals surface area (Å²) >= 11 is 0. The topological polar surface area (TPSA) is 62.5 Å². The van der Waals surface area contributed by atoms with Gasteiger partial charge in [0, 0.05) is 31.3 Å². The fraction of sp³-hybridized carbons (Fsp3) is 0.562. The number of fused-ring (bicyclic) bond motifs is 1. The van der Waals surface area contributed by atoms with Gasteiger partial charge in [-0.25, -0.2) is 4.98 Å². The van der Waals surface area contributed by atoms with Crippen molar-refractivity contribution in [1.82, 2.24) is 19.9 Å². The predicted octanol–water partition coefficient (Wildman–Crippen LogP) is 2.00. The van der Waals surface area contributed by atoms with E-state index >= 15 is 0 Å². The van der Waals surface area contributed by atoms with E-state index in [2.05, 4.69) is 20.3 Å². The average Bonchev–Trinajstić information content (AvgIpc) is 3.27. The van der Waals surface area contributed by atoms with Gasteiger partial charge in [0.15, 0.2) is 5.65 Å². The Morgan fingerprint density at radius 2 is 1.95 bits per heavy atom. The quantitative estimate of drug-likeness (QED) is 0.941. The van der Waals surface area contributed by atoms with Crippen LogP contribution >= 0.6 is 0 Å². The fourth-order valence-electron chi connectivity index (χ4n) is 3.51. The third-order valence-electron chi connectivity index (χ3n) is 4.69. The van der Waals surface area contributed by atoms with Crippen LogP contribution in [0.5, 0.6) is 0 Å². The lowest BCUT2D eigenvalue weighted by atomic mass is 10.2. The van der Waals surface area contributed by atoms with Gasteiger partial charge in [-0.1, -0.05) is 12.8 Å². The highest BCUT2D eigenvalue weighted by molar-refractivity contribution is 5.93. The summed E-state index contributed by atoms with van der Waals surface area (Å²) < 4.78 is 1.83. The van der Waals surface area contributed by atoms with E-state index in [1.54, 1.807) is 6.20 Å². The molecule has 2 aromatic heterocycles. The standard InChI is InChI=1S/C16H21N5O/c22-16(18-12-5-1-2-6-12)13-11-15(20-9-3-4-10-20)21-14(19-13)7-8-17-21/h7-8,11-12H,1-6,9-10H2,(H,18,22). The molecule has 1 amide bonds. The number of anilines is 1. The first-order valence-electron chi connectivity index (χ1n) is 8.22. The number of nitrogens with zero attached hydrogens (tertiary/aromatic N) is 4. The molecule has 6 heteroatoms. The molecule has 4 rings (SSSR count). The van der Waals surface area contributed by atoms with E-state index in [-0.39, 0.29) is 5.91 Å². The van der Waals surface area contributed by atoms with Gasteiger partial charge >= 0.3 is 0 Å². The summed E-state index contributed by atoms with van der Waals surface area (Å²) in [6.07, 6.45) is 8.70. The molecule has 0 bridgehead atoms. The zero-order valence-corrected chi connectivity index (χ0v) is 12.7. The van der Waals surface area contributed by atoms with Crippen molar-refractivity contribution in [2.24, 2.45) is 0 Å². The van der Waals surface area contributed by atoms with Gasteiger partial charge in [-0.2, -0.15) is 9.61 Å². The Morgan fingerprint density at radius 1 is 1.18 bits per heavy atom. The highest BCUT2D eigenvalue weighted by Gasteiger charge is 2.22. The van der Waals surface area contributed by atoms with Crippen LogP contribution in [-0.2, 0) is 0 Å². The van der Waals surface area contributed by atoms with E-state index in [0.717, 1.165) is 37.4 Å². The molecule has 6 nitrogen and oxygen atoms in total. The molecule has 0 aromatic carbocycles. The molecule has 2 aliphatic rings. The molecular formula is C16H21N5O. The largest absolute Gasteiger partial charge is 0.356 e. The van der Waals surface area contributed by atoms with Crippen molar-refractivity contribution in [2.75, 3.05) is 18.0 Å². The van der Waals surface area contributed by atoms with Crippen LogP contribution in [0.1, 0.15) is 49.0 Å². The monoisotopic (exact) mass is 299 g/mol. The van der Waals surface area contributed by atoms with Crippen molar-refractivity contribution in [3.8, 4) is 0 Å². The lowest BCUT2D eigenvalue weighted by molar-refractivity contribution is 0.0933. The molecule has 2 aromatic rings. The highest BCUT2D eigenvalue weighted by atomic mass is 16.1. The number of aromatic nitrogens is 3. The van der Waals surface area contributed by atoms with Crippen LogP contribution in [0.4, 0.5) is 5.82 Å². The normalized spacial score (nSPS) is 19.2. The lowest BCUT2D eigenvalue weighted by Crippen LogP contribution is -2.33. The summed E-state index contributed by atoms with van der Waals surface area (Å²) in [4.78, 5) is 19.3. The van der Waals surface area contributed by atoms with Gasteiger partial charge in [0.1, 0.15) is 11.5 Å². The van der Waals surface area contributed by atoms with E-state index in [0.29, 0.717) is 11.7 Å². The maximum absolute atomic E-state index is 12.5. The molecule has 1 aliphatic heterocycles. The smallest absolute Gasteiger partial charge is 0.270 e. The van der Waals surface area contributed by atoms with Gasteiger partial charge in [-0.3, -0.25) is 4.79 Å². The number of carbonyl (C=O) groups excluding carboxylic acids is 1. The van der Waals surface area contributed by atoms with Gasteiger partial charge in [0.05, 0.1) is 6.20 Å². The maximum Gasteiger partial charge on any atom is 0.270 e. The Bertz CT molecular complexity index is 683. The van der Waals surface area contributed by atoms with Crippen LogP contribution in [0.3, 0.4) is 0 Å². The molecule has 116 valence electrons. The fourth-order valence-corrected chi connectivity index (χ4v) is 3.51. The third kappa shape index (κ3) is 2.42. The summed E-state index contributed by atoms with van der Waals surface area (Å²) in [5.74, 6) is 0.917. The first kappa shape index (κ1) is 13.5. The molecule has 0 spiro atoms. The summed E-state index contributed by atoms with van der Waals surface area (Å²) in [7, 11) is 0. The van der Waals surface area contributed by atoms with Crippen LogP contribution in [0, 0.1) is 0 Å². The van der Waals surface area contributed by atoms with E-state index in [9.17, 15) is 4.79 Å². The zero-order chi connectivity index (χ0) is 14.9. The Hall–Kier alpha value is -2.11. The lowest BCUT2D eigenvalue weighted by Gasteiger charge is -2.19. The zero-order valence-electron chi connectivity index (χ0n) is 12.7. The van der Waals surface area contributed by atoms with Crippen LogP contribution in [0.25, 0.3) is 5.65 Å². The van der Waals surface area contributed by atoms with Gasteiger partial charge in [0.25, 0.3) is 5.91 Å². The second-order valence-corrected chi connectivity index (χ2v) is 6.25. The first-order chi connectivity index (χ1) is 10.8. The molecule has 1 saturated carbocycles. The number of rotatable bonds is 3. The van der Waals surface area contributed by atoms with E-state index in [1.165, 1.54) is 25.7 Å². The minimum atomic E-state index is -0.0592. The van der Waals surface area contributed by atoms with Crippen LogP contribution in [0.15, 0.2) is 18.3 Å². The molecule has 0 radical (unpaired) electrons. The Balaban J connectivity index is 1.66. The molecule has 0 atom stereocenters. The summed E-state index contributed by atoms with van der Waals surface area (Å²) in [6.45, 7) is 2.03. The molecule has 22 heavy (non-hydrogen) atoms. The molecule has 1 N–H and O–H groups in total. The third-order valence-corrected chi connectivity index (χ3v) is 4.69. The molecule has 1 aliphatic carbocycles. The van der Waals surface area contributed by atoms with Crippen molar-refractivity contribution in [1.29, 1.82) is 0 Å². The number of amides is 1. The van der Waals surface area contributed by atoms with Gasteiger partial charge in [-0.05, 0) is 25.7 Å². The van der Waals surface area contributed by atoms with Crippen molar-refractivity contribution >= 4 is 17.4 Å². The Morgan fingerprint density at radius 3 is 2.73 bits per heavy atom. The second kappa shape index (κ2) is 5.59. The van der Waals surface area contributed by atoms with Gasteiger partial charge < -0.3 is 10.2 Å². The highest BCUT2D eigenvalue weighted by Crippen LogP contribution is 2.22. The minimum absolute atomic E-state index is 0.0592. The molecule has 1 saturated heterocycles. The summed E-state index contributed by atoms with van der Waals surface area (Å²) in [5.41, 5.74) is 1.24. The Labute approximate surface area is 129 Å². The average molecular weight is 299 g/mol. The van der Waals surface area contributed by atoms with Crippen LogP contribution < -0.4 is 10.2 Å². The SMILES string of the molecule is O=C(NC1CCCC1)c1cc(N2CCCC2)n2nccc2n1. The molecular weight excluding hydrogens is 278 g/mol. The summed E-state index contributed by atoms with van der Waals surface area (Å²) in [6, 6.07) is 4.05. The van der Waals surface area contributed by atoms with E-state index < -0.39 is 0 Å². The van der Waals surface area contributed by atoms with Gasteiger partial charge in [0.2, 0.25) is 0 Å². The minimum Gasteiger partial charge on any atom is -0.356 e. The predicted molar refractivity (Wildman–Crippen MR) is 84.2 cm³/mol. The molecule has 3 heterocycles. The number of hydrogen-bond donors (Lipinski definition) is 1. The van der Waals surface area contributed by atoms with E-state index in [4.69, 9.17) is 0 Å². The van der Waals surface area contributed by atoms with Crippen molar-refractivity contribution in [2.45, 2.75) is 44.6 Å². The second-order valence-electron chi connectivity index (χ2n) is 6.25. The molecule has 2 fully saturated rings.